The third kappa shape index (κ3) is 6.36. The van der Waals surface area contributed by atoms with Gasteiger partial charge in [-0.25, -0.2) is 0 Å². The lowest BCUT2D eigenvalue weighted by atomic mass is 9.93. The van der Waals surface area contributed by atoms with Crippen LogP contribution in [0.1, 0.15) is 58.3 Å². The zero-order valence-electron chi connectivity index (χ0n) is 11.5. The first-order chi connectivity index (χ1) is 8.74. The molecule has 1 aliphatic carbocycles. The van der Waals surface area contributed by atoms with Crippen molar-refractivity contribution in [2.75, 3.05) is 13.2 Å². The van der Waals surface area contributed by atoms with Crippen LogP contribution in [0.4, 0.5) is 0 Å². The Morgan fingerprint density at radius 2 is 2.00 bits per heavy atom. The number of esters is 1. The first-order valence-corrected chi connectivity index (χ1v) is 7.27. The van der Waals surface area contributed by atoms with Crippen LogP contribution in [0.2, 0.25) is 0 Å². The molecule has 0 spiro atoms. The highest BCUT2D eigenvalue weighted by Crippen LogP contribution is 2.20. The molecule has 2 atom stereocenters. The second-order valence-corrected chi connectivity index (χ2v) is 4.97. The van der Waals surface area contributed by atoms with Gasteiger partial charge in [-0.3, -0.25) is 4.79 Å². The fraction of sp³-hybridized carbons (Fsp3) is 0.929. The van der Waals surface area contributed by atoms with Crippen LogP contribution in [0.5, 0.6) is 0 Å². The Morgan fingerprint density at radius 3 is 2.72 bits per heavy atom. The molecule has 0 aromatic heterocycles. The Hall–Kier alpha value is -0.610. The Labute approximate surface area is 110 Å². The molecule has 2 unspecified atom stereocenters. The quantitative estimate of drug-likeness (QED) is 0.536. The summed E-state index contributed by atoms with van der Waals surface area (Å²) in [5, 5.41) is 0. The molecule has 2 N–H and O–H groups in total. The lowest BCUT2D eigenvalue weighted by Crippen LogP contribution is -2.39. The van der Waals surface area contributed by atoms with Crippen molar-refractivity contribution < 1.29 is 14.3 Å². The molecule has 4 heteroatoms. The maximum atomic E-state index is 11.1. The van der Waals surface area contributed by atoms with Crippen LogP contribution < -0.4 is 5.73 Å². The Balaban J connectivity index is 1.93. The second-order valence-electron chi connectivity index (χ2n) is 4.97. The summed E-state index contributed by atoms with van der Waals surface area (Å²) in [5.41, 5.74) is 6.01. The number of nitrogens with two attached hydrogens (primary N) is 1. The summed E-state index contributed by atoms with van der Waals surface area (Å²) in [7, 11) is 0. The lowest BCUT2D eigenvalue weighted by Gasteiger charge is -2.28. The molecular formula is C14H27NO3. The van der Waals surface area contributed by atoms with Gasteiger partial charge in [0.25, 0.3) is 0 Å². The molecule has 0 heterocycles. The van der Waals surface area contributed by atoms with Crippen LogP contribution in [-0.4, -0.2) is 31.3 Å². The number of ether oxygens (including phenoxy) is 2. The summed E-state index contributed by atoms with van der Waals surface area (Å²) in [6.07, 6.45) is 8.35. The average Bonchev–Trinajstić information content (AvgIpc) is 2.36. The normalized spacial score (nSPS) is 23.9. The van der Waals surface area contributed by atoms with E-state index in [-0.39, 0.29) is 18.1 Å². The molecule has 1 fully saturated rings. The lowest BCUT2D eigenvalue weighted by molar-refractivity contribution is -0.143. The summed E-state index contributed by atoms with van der Waals surface area (Å²) in [6, 6.07) is 0.221. The van der Waals surface area contributed by atoms with Crippen LogP contribution in [0.25, 0.3) is 0 Å². The largest absolute Gasteiger partial charge is 0.466 e. The van der Waals surface area contributed by atoms with E-state index in [9.17, 15) is 4.79 Å². The minimum atomic E-state index is -0.0901. The van der Waals surface area contributed by atoms with Gasteiger partial charge in [-0.2, -0.15) is 0 Å². The molecule has 0 radical (unpaired) electrons. The monoisotopic (exact) mass is 257 g/mol. The van der Waals surface area contributed by atoms with E-state index in [0.29, 0.717) is 13.0 Å². The van der Waals surface area contributed by atoms with Gasteiger partial charge in [-0.1, -0.05) is 19.3 Å². The van der Waals surface area contributed by atoms with Crippen molar-refractivity contribution >= 4 is 5.97 Å². The van der Waals surface area contributed by atoms with E-state index in [1.54, 1.807) is 0 Å². The molecule has 1 aliphatic rings. The summed E-state index contributed by atoms with van der Waals surface area (Å²) in [5.74, 6) is -0.0901. The van der Waals surface area contributed by atoms with Gasteiger partial charge < -0.3 is 15.2 Å². The van der Waals surface area contributed by atoms with Gasteiger partial charge in [0.1, 0.15) is 0 Å². The molecular weight excluding hydrogens is 230 g/mol. The van der Waals surface area contributed by atoms with Crippen molar-refractivity contribution in [3.63, 3.8) is 0 Å². The highest BCUT2D eigenvalue weighted by Gasteiger charge is 2.21. The van der Waals surface area contributed by atoms with Gasteiger partial charge in [-0.15, -0.1) is 0 Å². The molecule has 0 aromatic carbocycles. The number of hydrogen-bond acceptors (Lipinski definition) is 4. The number of carbonyl (C=O) groups is 1. The minimum Gasteiger partial charge on any atom is -0.466 e. The van der Waals surface area contributed by atoms with E-state index < -0.39 is 0 Å². The van der Waals surface area contributed by atoms with E-state index in [2.05, 4.69) is 0 Å². The number of unbranched alkanes of at least 4 members (excludes halogenated alkanes) is 2. The zero-order chi connectivity index (χ0) is 13.2. The molecule has 0 aromatic rings. The fourth-order valence-electron chi connectivity index (χ4n) is 2.35. The molecule has 4 nitrogen and oxygen atoms in total. The highest BCUT2D eigenvalue weighted by atomic mass is 16.5. The predicted octanol–water partition coefficient (Wildman–Crippen LogP) is 2.40. The first-order valence-electron chi connectivity index (χ1n) is 7.27. The van der Waals surface area contributed by atoms with Crippen molar-refractivity contribution in [1.82, 2.24) is 0 Å². The standard InChI is InChI=1S/C14H27NO3/c1-2-17-14(16)10-4-3-7-11-18-13-9-6-5-8-12(13)15/h12-13H,2-11,15H2,1H3. The molecule has 18 heavy (non-hydrogen) atoms. The van der Waals surface area contributed by atoms with Gasteiger partial charge in [0.2, 0.25) is 0 Å². The molecule has 1 rings (SSSR count). The molecule has 0 amide bonds. The van der Waals surface area contributed by atoms with Crippen LogP contribution in [0, 0.1) is 0 Å². The average molecular weight is 257 g/mol. The highest BCUT2D eigenvalue weighted by molar-refractivity contribution is 5.69. The van der Waals surface area contributed by atoms with Gasteiger partial charge in [-0.05, 0) is 32.6 Å². The SMILES string of the molecule is CCOC(=O)CCCCCOC1CCCCC1N. The van der Waals surface area contributed by atoms with E-state index in [1.807, 2.05) is 6.92 Å². The summed E-state index contributed by atoms with van der Waals surface area (Å²) >= 11 is 0. The van der Waals surface area contributed by atoms with E-state index in [4.69, 9.17) is 15.2 Å². The van der Waals surface area contributed by atoms with E-state index >= 15 is 0 Å². The maximum Gasteiger partial charge on any atom is 0.305 e. The summed E-state index contributed by atoms with van der Waals surface area (Å²) in [6.45, 7) is 3.07. The number of rotatable bonds is 8. The van der Waals surface area contributed by atoms with Gasteiger partial charge in [0.05, 0.1) is 12.7 Å². The van der Waals surface area contributed by atoms with Crippen molar-refractivity contribution in [2.24, 2.45) is 5.73 Å². The predicted molar refractivity (Wildman–Crippen MR) is 71.3 cm³/mol. The number of carbonyl (C=O) groups excluding carboxylic acids is 1. The Kier molecular flexibility index (Phi) is 8.01. The summed E-state index contributed by atoms with van der Waals surface area (Å²) in [4.78, 5) is 11.1. The second kappa shape index (κ2) is 9.34. The third-order valence-electron chi connectivity index (χ3n) is 3.42. The third-order valence-corrected chi connectivity index (χ3v) is 3.42. The van der Waals surface area contributed by atoms with Crippen LogP contribution in [-0.2, 0) is 14.3 Å². The number of hydrogen-bond donors (Lipinski definition) is 1. The van der Waals surface area contributed by atoms with Gasteiger partial charge in [0.15, 0.2) is 0 Å². The summed E-state index contributed by atoms with van der Waals surface area (Å²) < 4.78 is 10.7. The smallest absolute Gasteiger partial charge is 0.305 e. The molecule has 106 valence electrons. The van der Waals surface area contributed by atoms with Crippen molar-refractivity contribution in [1.29, 1.82) is 0 Å². The fourth-order valence-corrected chi connectivity index (χ4v) is 2.35. The Morgan fingerprint density at radius 1 is 1.22 bits per heavy atom. The minimum absolute atomic E-state index is 0.0901. The van der Waals surface area contributed by atoms with E-state index in [1.165, 1.54) is 12.8 Å². The van der Waals surface area contributed by atoms with Crippen molar-refractivity contribution in [2.45, 2.75) is 70.4 Å². The van der Waals surface area contributed by atoms with Gasteiger partial charge in [0, 0.05) is 19.1 Å². The molecule has 1 saturated carbocycles. The molecule has 0 saturated heterocycles. The van der Waals surface area contributed by atoms with Crippen LogP contribution in [0.15, 0.2) is 0 Å². The topological polar surface area (TPSA) is 61.5 Å². The van der Waals surface area contributed by atoms with Crippen molar-refractivity contribution in [3.8, 4) is 0 Å². The molecule has 0 bridgehead atoms. The van der Waals surface area contributed by atoms with Crippen LogP contribution in [0.3, 0.4) is 0 Å². The van der Waals surface area contributed by atoms with Crippen molar-refractivity contribution in [3.05, 3.63) is 0 Å². The first kappa shape index (κ1) is 15.4. The molecule has 0 aliphatic heterocycles. The van der Waals surface area contributed by atoms with Gasteiger partial charge >= 0.3 is 5.97 Å². The van der Waals surface area contributed by atoms with E-state index in [0.717, 1.165) is 38.7 Å². The maximum absolute atomic E-state index is 11.1. The van der Waals surface area contributed by atoms with Crippen LogP contribution >= 0.6 is 0 Å². The zero-order valence-corrected chi connectivity index (χ0v) is 11.5. The Bertz CT molecular complexity index is 233.